The van der Waals surface area contributed by atoms with E-state index in [9.17, 15) is 4.79 Å². The van der Waals surface area contributed by atoms with Crippen molar-refractivity contribution in [2.45, 2.75) is 20.8 Å². The van der Waals surface area contributed by atoms with Crippen LogP contribution in [-0.4, -0.2) is 48.8 Å². The van der Waals surface area contributed by atoms with Crippen LogP contribution in [0.2, 0.25) is 0 Å². The van der Waals surface area contributed by atoms with E-state index in [0.29, 0.717) is 30.4 Å². The zero-order valence-corrected chi connectivity index (χ0v) is 18.6. The molecule has 0 bridgehead atoms. The van der Waals surface area contributed by atoms with Gasteiger partial charge in [0.2, 0.25) is 0 Å². The maximum Gasteiger partial charge on any atom is 0.269 e. The molecular formula is C23H26N8O. The first-order valence-electron chi connectivity index (χ1n) is 10.4. The molecule has 1 amide bonds. The second-order valence-electron chi connectivity index (χ2n) is 7.57. The van der Waals surface area contributed by atoms with Crippen LogP contribution < -0.4 is 10.6 Å². The van der Waals surface area contributed by atoms with Crippen molar-refractivity contribution in [3.8, 4) is 17.1 Å². The number of carbonyl (C=O) groups is 1. The van der Waals surface area contributed by atoms with Gasteiger partial charge in [0, 0.05) is 31.4 Å². The Morgan fingerprint density at radius 3 is 2.41 bits per heavy atom. The van der Waals surface area contributed by atoms with Crippen LogP contribution in [0.5, 0.6) is 0 Å². The lowest BCUT2D eigenvalue weighted by molar-refractivity contribution is 0.0946. The number of rotatable bonds is 7. The molecule has 2 N–H and O–H groups in total. The largest absolute Gasteiger partial charge is 0.367 e. The Bertz CT molecular complexity index is 1230. The smallest absolute Gasteiger partial charge is 0.269 e. The zero-order chi connectivity index (χ0) is 22.7. The number of aryl methyl sites for hydroxylation is 2. The summed E-state index contributed by atoms with van der Waals surface area (Å²) in [5.74, 6) is 1.13. The molecule has 0 atom stereocenters. The van der Waals surface area contributed by atoms with Crippen LogP contribution in [0.3, 0.4) is 0 Å². The lowest BCUT2D eigenvalue weighted by atomic mass is 10.1. The SMILES string of the molecule is Cc1nn(-c2ccc(NCCNC(=O)c3cc(-c4ccccc4)nn3C)nn2)c(C)c1C. The summed E-state index contributed by atoms with van der Waals surface area (Å²) in [6.45, 7) is 6.98. The van der Waals surface area contributed by atoms with Gasteiger partial charge in [0.05, 0.1) is 11.4 Å². The molecule has 3 aromatic heterocycles. The monoisotopic (exact) mass is 430 g/mol. The van der Waals surface area contributed by atoms with Crippen LogP contribution >= 0.6 is 0 Å². The third-order valence-electron chi connectivity index (χ3n) is 5.42. The fourth-order valence-electron chi connectivity index (χ4n) is 3.36. The molecule has 0 radical (unpaired) electrons. The van der Waals surface area contributed by atoms with Gasteiger partial charge in [0.1, 0.15) is 11.5 Å². The van der Waals surface area contributed by atoms with E-state index < -0.39 is 0 Å². The molecule has 32 heavy (non-hydrogen) atoms. The van der Waals surface area contributed by atoms with Gasteiger partial charge in [-0.25, -0.2) is 4.68 Å². The molecular weight excluding hydrogens is 404 g/mol. The first-order valence-corrected chi connectivity index (χ1v) is 10.4. The Hall–Kier alpha value is -4.01. The highest BCUT2D eigenvalue weighted by molar-refractivity contribution is 5.93. The summed E-state index contributed by atoms with van der Waals surface area (Å²) in [6, 6.07) is 15.3. The van der Waals surface area contributed by atoms with Crippen molar-refractivity contribution in [2.75, 3.05) is 18.4 Å². The van der Waals surface area contributed by atoms with Gasteiger partial charge in [0.15, 0.2) is 5.82 Å². The number of nitrogens with zero attached hydrogens (tertiary/aromatic N) is 6. The molecule has 0 unspecified atom stereocenters. The number of hydrogen-bond acceptors (Lipinski definition) is 6. The minimum atomic E-state index is -0.176. The molecule has 4 aromatic rings. The van der Waals surface area contributed by atoms with Gasteiger partial charge in [0.25, 0.3) is 5.91 Å². The minimum absolute atomic E-state index is 0.176. The summed E-state index contributed by atoms with van der Waals surface area (Å²) in [7, 11) is 1.76. The van der Waals surface area contributed by atoms with Crippen LogP contribution in [0, 0.1) is 20.8 Å². The van der Waals surface area contributed by atoms with Gasteiger partial charge in [-0.05, 0) is 44.5 Å². The average molecular weight is 431 g/mol. The lowest BCUT2D eigenvalue weighted by Gasteiger charge is -2.08. The lowest BCUT2D eigenvalue weighted by Crippen LogP contribution is -2.30. The quantitative estimate of drug-likeness (QED) is 0.437. The van der Waals surface area contributed by atoms with Crippen molar-refractivity contribution < 1.29 is 4.79 Å². The van der Waals surface area contributed by atoms with Crippen LogP contribution in [0.1, 0.15) is 27.4 Å². The number of carbonyl (C=O) groups excluding carboxylic acids is 1. The first-order chi connectivity index (χ1) is 15.4. The molecule has 164 valence electrons. The molecule has 0 aliphatic heterocycles. The molecule has 9 heteroatoms. The molecule has 3 heterocycles. The number of anilines is 1. The highest BCUT2D eigenvalue weighted by atomic mass is 16.2. The van der Waals surface area contributed by atoms with E-state index in [4.69, 9.17) is 0 Å². The summed E-state index contributed by atoms with van der Waals surface area (Å²) >= 11 is 0. The predicted octanol–water partition coefficient (Wildman–Crippen LogP) is 2.83. The van der Waals surface area contributed by atoms with Gasteiger partial charge in [-0.2, -0.15) is 10.2 Å². The third-order valence-corrected chi connectivity index (χ3v) is 5.42. The van der Waals surface area contributed by atoms with E-state index >= 15 is 0 Å². The van der Waals surface area contributed by atoms with Crippen molar-refractivity contribution >= 4 is 11.7 Å². The van der Waals surface area contributed by atoms with E-state index in [0.717, 1.165) is 28.2 Å². The van der Waals surface area contributed by atoms with E-state index in [2.05, 4.69) is 31.0 Å². The first kappa shape index (κ1) is 21.2. The summed E-state index contributed by atoms with van der Waals surface area (Å²) < 4.78 is 3.38. The third kappa shape index (κ3) is 4.36. The van der Waals surface area contributed by atoms with E-state index in [1.165, 1.54) is 0 Å². The molecule has 0 aliphatic rings. The van der Waals surface area contributed by atoms with Gasteiger partial charge < -0.3 is 10.6 Å². The Morgan fingerprint density at radius 2 is 1.75 bits per heavy atom. The number of hydrogen-bond donors (Lipinski definition) is 2. The van der Waals surface area contributed by atoms with Crippen LogP contribution in [-0.2, 0) is 7.05 Å². The summed E-state index contributed by atoms with van der Waals surface area (Å²) in [5.41, 5.74) is 5.42. The normalized spacial score (nSPS) is 10.9. The van der Waals surface area contributed by atoms with Gasteiger partial charge in [-0.3, -0.25) is 9.48 Å². The van der Waals surface area contributed by atoms with Crippen molar-refractivity contribution in [3.63, 3.8) is 0 Å². The molecule has 0 aliphatic carbocycles. The minimum Gasteiger partial charge on any atom is -0.367 e. The van der Waals surface area contributed by atoms with E-state index in [1.807, 2.05) is 63.2 Å². The number of aromatic nitrogens is 6. The Kier molecular flexibility index (Phi) is 5.98. The van der Waals surface area contributed by atoms with E-state index in [-0.39, 0.29) is 5.91 Å². The molecule has 4 rings (SSSR count). The van der Waals surface area contributed by atoms with Crippen molar-refractivity contribution in [1.82, 2.24) is 35.1 Å². The topological polar surface area (TPSA) is 103 Å². The van der Waals surface area contributed by atoms with Crippen molar-refractivity contribution in [3.05, 3.63) is 71.2 Å². The standard InChI is InChI=1S/C23H26N8O/c1-15-16(2)28-31(17(15)3)22-11-10-21(26-27-22)24-12-13-25-23(32)20-14-19(29-30(20)4)18-8-6-5-7-9-18/h5-11,14H,12-13H2,1-4H3,(H,24,26)(H,25,32). The van der Waals surface area contributed by atoms with Gasteiger partial charge in [-0.1, -0.05) is 30.3 Å². The maximum atomic E-state index is 12.5. The highest BCUT2D eigenvalue weighted by Crippen LogP contribution is 2.18. The molecule has 0 fully saturated rings. The molecule has 0 saturated carbocycles. The van der Waals surface area contributed by atoms with Gasteiger partial charge >= 0.3 is 0 Å². The zero-order valence-electron chi connectivity index (χ0n) is 18.6. The van der Waals surface area contributed by atoms with Crippen molar-refractivity contribution in [2.24, 2.45) is 7.05 Å². The molecule has 1 aromatic carbocycles. The van der Waals surface area contributed by atoms with Gasteiger partial charge in [-0.15, -0.1) is 10.2 Å². The van der Waals surface area contributed by atoms with Crippen LogP contribution in [0.15, 0.2) is 48.5 Å². The Morgan fingerprint density at radius 1 is 0.969 bits per heavy atom. The van der Waals surface area contributed by atoms with Crippen molar-refractivity contribution in [1.29, 1.82) is 0 Å². The summed E-state index contributed by atoms with van der Waals surface area (Å²) in [5, 5.41) is 23.5. The summed E-state index contributed by atoms with van der Waals surface area (Å²) in [4.78, 5) is 12.5. The number of benzene rings is 1. The second-order valence-corrected chi connectivity index (χ2v) is 7.57. The van der Waals surface area contributed by atoms with Crippen LogP contribution in [0.25, 0.3) is 17.1 Å². The second kappa shape index (κ2) is 9.01. The van der Waals surface area contributed by atoms with E-state index in [1.54, 1.807) is 22.5 Å². The fraction of sp³-hybridized carbons (Fsp3) is 0.261. The Balaban J connectivity index is 1.30. The fourth-order valence-corrected chi connectivity index (χ4v) is 3.36. The molecule has 9 nitrogen and oxygen atoms in total. The molecule has 0 spiro atoms. The summed E-state index contributed by atoms with van der Waals surface area (Å²) in [6.07, 6.45) is 0. The highest BCUT2D eigenvalue weighted by Gasteiger charge is 2.14. The number of amides is 1. The Labute approximate surface area is 186 Å². The van der Waals surface area contributed by atoms with Crippen LogP contribution in [0.4, 0.5) is 5.82 Å². The number of nitrogens with one attached hydrogen (secondary N) is 2. The average Bonchev–Trinajstić information content (AvgIpc) is 3.32. The maximum absolute atomic E-state index is 12.5. The predicted molar refractivity (Wildman–Crippen MR) is 123 cm³/mol. The molecule has 0 saturated heterocycles.